The Morgan fingerprint density at radius 3 is 1.81 bits per heavy atom. The number of thiazole rings is 1. The minimum absolute atomic E-state index is 0.0200. The SMILES string of the molecule is CC(C)(C)c1ccc2c(c1)c1cc(C(C)(C)C)c(-c3nc4ccccc4s3)cc1n2B(c1ccccc1)c1ccccc1. The molecule has 0 saturated carbocycles. The van der Waals surface area contributed by atoms with E-state index in [1.807, 2.05) is 0 Å². The zero-order valence-electron chi connectivity index (χ0n) is 25.8. The van der Waals surface area contributed by atoms with E-state index >= 15 is 0 Å². The molecule has 0 aliphatic heterocycles. The van der Waals surface area contributed by atoms with E-state index in [9.17, 15) is 0 Å². The molecule has 0 bridgehead atoms. The van der Waals surface area contributed by atoms with Gasteiger partial charge in [0.05, 0.1) is 10.2 Å². The smallest absolute Gasteiger partial charge is 0.328 e. The molecule has 7 rings (SSSR count). The Balaban J connectivity index is 1.63. The van der Waals surface area contributed by atoms with Crippen LogP contribution in [0.3, 0.4) is 0 Å². The standard InChI is InChI=1S/C39H37BN2S/c1-38(2,3)26-21-22-34-29(23-26)30-24-32(39(4,5)6)31(37-41-33-19-13-14-20-36(33)43-37)25-35(30)42(34)40(27-15-9-7-10-16-27)28-17-11-8-12-18-28/h7-25H,1-6H3. The molecule has 5 aromatic carbocycles. The van der Waals surface area contributed by atoms with Crippen molar-refractivity contribution in [1.82, 2.24) is 9.46 Å². The minimum Gasteiger partial charge on any atom is -0.376 e. The topological polar surface area (TPSA) is 17.8 Å². The Hall–Kier alpha value is -4.15. The van der Waals surface area contributed by atoms with Gasteiger partial charge in [-0.2, -0.15) is 0 Å². The van der Waals surface area contributed by atoms with E-state index in [4.69, 9.17) is 4.98 Å². The molecule has 4 heteroatoms. The number of nitrogens with zero attached hydrogens (tertiary/aromatic N) is 2. The minimum atomic E-state index is -0.0598. The van der Waals surface area contributed by atoms with Crippen LogP contribution in [0.2, 0.25) is 0 Å². The quantitative estimate of drug-likeness (QED) is 0.191. The summed E-state index contributed by atoms with van der Waals surface area (Å²) in [4.78, 5) is 5.16. The average molecular weight is 577 g/mol. The molecule has 0 radical (unpaired) electrons. The van der Waals surface area contributed by atoms with Gasteiger partial charge in [-0.25, -0.2) is 4.98 Å². The van der Waals surface area contributed by atoms with Crippen LogP contribution >= 0.6 is 11.3 Å². The van der Waals surface area contributed by atoms with Gasteiger partial charge in [0.2, 0.25) is 0 Å². The lowest BCUT2D eigenvalue weighted by Crippen LogP contribution is -2.48. The number of rotatable bonds is 4. The fourth-order valence-electron chi connectivity index (χ4n) is 6.39. The van der Waals surface area contributed by atoms with Gasteiger partial charge in [0.25, 0.3) is 0 Å². The lowest BCUT2D eigenvalue weighted by Gasteiger charge is -2.24. The van der Waals surface area contributed by atoms with Crippen LogP contribution in [0.25, 0.3) is 42.6 Å². The van der Waals surface area contributed by atoms with Gasteiger partial charge in [0, 0.05) is 27.4 Å². The molecule has 0 saturated heterocycles. The third-order valence-corrected chi connectivity index (χ3v) is 9.70. The number of aromatic nitrogens is 2. The molecule has 0 fully saturated rings. The molecule has 0 aliphatic carbocycles. The number of fused-ring (bicyclic) bond motifs is 4. The predicted molar refractivity (Wildman–Crippen MR) is 189 cm³/mol. The molecule has 2 aromatic heterocycles. The van der Waals surface area contributed by atoms with Crippen molar-refractivity contribution in [2.45, 2.75) is 52.4 Å². The Kier molecular flexibility index (Phi) is 6.59. The summed E-state index contributed by atoms with van der Waals surface area (Å²) in [7, 11) is 0. The average Bonchev–Trinajstić information content (AvgIpc) is 3.56. The van der Waals surface area contributed by atoms with E-state index in [0.717, 1.165) is 10.5 Å². The van der Waals surface area contributed by atoms with E-state index in [0.29, 0.717) is 0 Å². The molecule has 0 spiro atoms. The second-order valence-electron chi connectivity index (χ2n) is 13.7. The maximum Gasteiger partial charge on any atom is 0.328 e. The molecule has 0 aliphatic rings. The normalized spacial score (nSPS) is 12.4. The van der Waals surface area contributed by atoms with E-state index in [1.54, 1.807) is 11.3 Å². The highest BCUT2D eigenvalue weighted by Crippen LogP contribution is 2.42. The molecular formula is C39H37BN2S. The predicted octanol–water partition coefficient (Wildman–Crippen LogP) is 9.32. The summed E-state index contributed by atoms with van der Waals surface area (Å²) in [5.74, 6) is 0. The van der Waals surface area contributed by atoms with Crippen LogP contribution in [0.4, 0.5) is 0 Å². The van der Waals surface area contributed by atoms with Crippen LogP contribution < -0.4 is 10.9 Å². The summed E-state index contributed by atoms with van der Waals surface area (Å²) in [5, 5.41) is 3.68. The largest absolute Gasteiger partial charge is 0.376 e. The van der Waals surface area contributed by atoms with Gasteiger partial charge in [-0.3, -0.25) is 0 Å². The highest BCUT2D eigenvalue weighted by molar-refractivity contribution is 7.21. The second-order valence-corrected chi connectivity index (χ2v) is 14.8. The number of benzene rings is 5. The zero-order chi connectivity index (χ0) is 29.9. The summed E-state index contributed by atoms with van der Waals surface area (Å²) in [6.45, 7) is 13.9. The van der Waals surface area contributed by atoms with E-state index in [1.165, 1.54) is 54.1 Å². The Morgan fingerprint density at radius 2 is 1.21 bits per heavy atom. The Bertz CT molecular complexity index is 2020. The van der Waals surface area contributed by atoms with E-state index < -0.39 is 0 Å². The van der Waals surface area contributed by atoms with Crippen molar-refractivity contribution >= 4 is 61.1 Å². The zero-order valence-corrected chi connectivity index (χ0v) is 26.7. The van der Waals surface area contributed by atoms with Gasteiger partial charge < -0.3 is 4.48 Å². The van der Waals surface area contributed by atoms with Crippen LogP contribution in [-0.2, 0) is 10.8 Å². The molecule has 2 nitrogen and oxygen atoms in total. The number of hydrogen-bond donors (Lipinski definition) is 0. The van der Waals surface area contributed by atoms with Crippen LogP contribution in [-0.4, -0.2) is 16.3 Å². The van der Waals surface area contributed by atoms with Crippen LogP contribution in [0.5, 0.6) is 0 Å². The van der Waals surface area contributed by atoms with Crippen molar-refractivity contribution in [3.63, 3.8) is 0 Å². The third kappa shape index (κ3) is 4.88. The summed E-state index contributed by atoms with van der Waals surface area (Å²) in [6.07, 6.45) is 0. The van der Waals surface area contributed by atoms with Crippen molar-refractivity contribution in [2.24, 2.45) is 0 Å². The van der Waals surface area contributed by atoms with Crippen LogP contribution in [0, 0.1) is 0 Å². The molecular weight excluding hydrogens is 539 g/mol. The summed E-state index contributed by atoms with van der Waals surface area (Å²) in [6, 6.07) is 42.4. The third-order valence-electron chi connectivity index (χ3n) is 8.63. The summed E-state index contributed by atoms with van der Waals surface area (Å²) < 4.78 is 3.80. The number of hydrogen-bond acceptors (Lipinski definition) is 2. The summed E-state index contributed by atoms with van der Waals surface area (Å²) >= 11 is 1.79. The van der Waals surface area contributed by atoms with Crippen molar-refractivity contribution in [3.8, 4) is 10.6 Å². The van der Waals surface area contributed by atoms with E-state index in [-0.39, 0.29) is 17.7 Å². The maximum absolute atomic E-state index is 5.16. The molecule has 7 aromatic rings. The highest BCUT2D eigenvalue weighted by atomic mass is 32.1. The molecule has 0 amide bonds. The van der Waals surface area contributed by atoms with Gasteiger partial charge in [-0.1, -0.05) is 131 Å². The Morgan fingerprint density at radius 1 is 0.605 bits per heavy atom. The van der Waals surface area contributed by atoms with Crippen molar-refractivity contribution in [1.29, 1.82) is 0 Å². The van der Waals surface area contributed by atoms with Crippen LogP contribution in [0.15, 0.2) is 115 Å². The lowest BCUT2D eigenvalue weighted by molar-refractivity contribution is 0.591. The van der Waals surface area contributed by atoms with Crippen molar-refractivity contribution in [2.75, 3.05) is 0 Å². The first kappa shape index (κ1) is 27.7. The maximum atomic E-state index is 5.16. The highest BCUT2D eigenvalue weighted by Gasteiger charge is 2.30. The Labute approximate surface area is 259 Å². The fraction of sp³-hybridized carbons (Fsp3) is 0.205. The lowest BCUT2D eigenvalue weighted by atomic mass is 9.50. The van der Waals surface area contributed by atoms with Gasteiger partial charge >= 0.3 is 6.85 Å². The number of para-hydroxylation sites is 1. The first-order valence-electron chi connectivity index (χ1n) is 15.2. The van der Waals surface area contributed by atoms with Crippen molar-refractivity contribution < 1.29 is 0 Å². The van der Waals surface area contributed by atoms with Gasteiger partial charge in [-0.05, 0) is 58.4 Å². The van der Waals surface area contributed by atoms with Gasteiger partial charge in [0.15, 0.2) is 0 Å². The second kappa shape index (κ2) is 10.2. The van der Waals surface area contributed by atoms with E-state index in [2.05, 4.69) is 161 Å². The van der Waals surface area contributed by atoms with Crippen molar-refractivity contribution in [3.05, 3.63) is 126 Å². The van der Waals surface area contributed by atoms with Gasteiger partial charge in [0.1, 0.15) is 5.01 Å². The first-order chi connectivity index (χ1) is 20.6. The monoisotopic (exact) mass is 576 g/mol. The molecule has 43 heavy (non-hydrogen) atoms. The molecule has 0 unspecified atom stereocenters. The molecule has 212 valence electrons. The van der Waals surface area contributed by atoms with Gasteiger partial charge in [-0.15, -0.1) is 11.3 Å². The molecule has 0 N–H and O–H groups in total. The molecule has 0 atom stereocenters. The van der Waals surface area contributed by atoms with Crippen LogP contribution in [0.1, 0.15) is 52.7 Å². The molecule has 2 heterocycles. The first-order valence-corrected chi connectivity index (χ1v) is 16.0. The fourth-order valence-corrected chi connectivity index (χ4v) is 7.38. The summed E-state index contributed by atoms with van der Waals surface area (Å²) in [5.41, 5.74) is 9.98.